The van der Waals surface area contributed by atoms with E-state index in [0.717, 1.165) is 11.1 Å². The van der Waals surface area contributed by atoms with Gasteiger partial charge in [0.1, 0.15) is 5.41 Å². The minimum atomic E-state index is -0.952. The minimum Gasteiger partial charge on any atom is -0.387 e. The fraction of sp³-hybridized carbons (Fsp3) is 0.300. The molecule has 1 aliphatic carbocycles. The average Bonchev–Trinajstić information content (AvgIpc) is 3.42. The number of carbonyl (C=O) groups excluding carboxylic acids is 2. The van der Waals surface area contributed by atoms with E-state index in [1.54, 1.807) is 24.3 Å². The zero-order valence-electron chi connectivity index (χ0n) is 13.7. The van der Waals surface area contributed by atoms with Crippen LogP contribution >= 0.6 is 0 Å². The van der Waals surface area contributed by atoms with Gasteiger partial charge in [-0.3, -0.25) is 9.59 Å². The number of hydrogen-bond acceptors (Lipinski definition) is 3. The van der Waals surface area contributed by atoms with Gasteiger partial charge in [-0.05, 0) is 30.9 Å². The van der Waals surface area contributed by atoms with Crippen LogP contribution in [0.1, 0.15) is 40.4 Å². The van der Waals surface area contributed by atoms with Gasteiger partial charge < -0.3 is 10.4 Å². The molecule has 4 nitrogen and oxygen atoms in total. The summed E-state index contributed by atoms with van der Waals surface area (Å²) in [4.78, 5) is 25.1. The molecular formula is C20H21NO3. The maximum absolute atomic E-state index is 12.6. The highest BCUT2D eigenvalue weighted by Crippen LogP contribution is 2.48. The summed E-state index contributed by atoms with van der Waals surface area (Å²) in [5, 5.41) is 13.0. The fourth-order valence-electron chi connectivity index (χ4n) is 2.98. The summed E-state index contributed by atoms with van der Waals surface area (Å²) >= 11 is 0. The van der Waals surface area contributed by atoms with Crippen LogP contribution in [0.3, 0.4) is 0 Å². The number of rotatable bonds is 6. The Balaban J connectivity index is 1.65. The number of carbonyl (C=O) groups is 2. The molecule has 2 N–H and O–H groups in total. The first kappa shape index (κ1) is 16.4. The molecule has 124 valence electrons. The van der Waals surface area contributed by atoms with Crippen molar-refractivity contribution in [2.45, 2.75) is 25.9 Å². The van der Waals surface area contributed by atoms with Gasteiger partial charge in [-0.2, -0.15) is 0 Å². The average molecular weight is 323 g/mol. The number of Topliss-reactive ketones (excluding diaryl/α,β-unsaturated/α-hetero) is 1. The Hall–Kier alpha value is -2.46. The van der Waals surface area contributed by atoms with Crippen LogP contribution in [-0.4, -0.2) is 23.3 Å². The Morgan fingerprint density at radius 1 is 1.08 bits per heavy atom. The lowest BCUT2D eigenvalue weighted by Gasteiger charge is -2.18. The van der Waals surface area contributed by atoms with Crippen LogP contribution in [0.2, 0.25) is 0 Å². The van der Waals surface area contributed by atoms with E-state index in [4.69, 9.17) is 0 Å². The quantitative estimate of drug-likeness (QED) is 0.634. The molecule has 1 amide bonds. The molecule has 0 saturated heterocycles. The molecule has 0 aliphatic heterocycles. The molecule has 1 fully saturated rings. The first-order valence-electron chi connectivity index (χ1n) is 8.16. The number of aliphatic hydroxyl groups is 1. The van der Waals surface area contributed by atoms with Crippen LogP contribution in [0, 0.1) is 12.3 Å². The Bertz CT molecular complexity index is 750. The topological polar surface area (TPSA) is 66.4 Å². The first-order chi connectivity index (χ1) is 11.5. The van der Waals surface area contributed by atoms with Gasteiger partial charge in [0.2, 0.25) is 5.91 Å². The summed E-state index contributed by atoms with van der Waals surface area (Å²) in [7, 11) is 0. The van der Waals surface area contributed by atoms with Gasteiger partial charge in [0, 0.05) is 12.1 Å². The lowest BCUT2D eigenvalue weighted by atomic mass is 9.93. The van der Waals surface area contributed by atoms with Crippen LogP contribution in [0.4, 0.5) is 0 Å². The molecule has 0 radical (unpaired) electrons. The van der Waals surface area contributed by atoms with Gasteiger partial charge in [-0.25, -0.2) is 0 Å². The summed E-state index contributed by atoms with van der Waals surface area (Å²) in [5.41, 5.74) is 1.37. The molecule has 0 bridgehead atoms. The second kappa shape index (κ2) is 6.57. The SMILES string of the molecule is Cc1ccccc1[C@@H](O)CNC(=O)C1(C(=O)c2ccccc2)CC1. The highest BCUT2D eigenvalue weighted by molar-refractivity contribution is 6.16. The molecule has 1 saturated carbocycles. The molecule has 1 atom stereocenters. The number of aliphatic hydroxyl groups excluding tert-OH is 1. The maximum Gasteiger partial charge on any atom is 0.234 e. The Labute approximate surface area is 141 Å². The molecule has 0 spiro atoms. The number of ketones is 1. The third kappa shape index (κ3) is 3.10. The van der Waals surface area contributed by atoms with E-state index in [1.165, 1.54) is 0 Å². The molecule has 24 heavy (non-hydrogen) atoms. The summed E-state index contributed by atoms with van der Waals surface area (Å²) in [6.45, 7) is 2.02. The standard InChI is InChI=1S/C20H21NO3/c1-14-7-5-6-10-16(14)17(22)13-21-19(24)20(11-12-20)18(23)15-8-3-2-4-9-15/h2-10,17,22H,11-13H2,1H3,(H,21,24)/t17-/m0/s1. The van der Waals surface area contributed by atoms with Crippen molar-refractivity contribution in [2.75, 3.05) is 6.54 Å². The van der Waals surface area contributed by atoms with Crippen molar-refractivity contribution in [1.82, 2.24) is 5.32 Å². The Kier molecular flexibility index (Phi) is 4.49. The number of aryl methyl sites for hydroxylation is 1. The van der Waals surface area contributed by atoms with Crippen molar-refractivity contribution in [3.8, 4) is 0 Å². The largest absolute Gasteiger partial charge is 0.387 e. The van der Waals surface area contributed by atoms with E-state index in [-0.39, 0.29) is 18.2 Å². The van der Waals surface area contributed by atoms with Gasteiger partial charge in [-0.15, -0.1) is 0 Å². The van der Waals surface area contributed by atoms with Crippen LogP contribution in [0.15, 0.2) is 54.6 Å². The van der Waals surface area contributed by atoms with Gasteiger partial charge in [0.25, 0.3) is 0 Å². The van der Waals surface area contributed by atoms with Crippen molar-refractivity contribution in [1.29, 1.82) is 0 Å². The lowest BCUT2D eigenvalue weighted by molar-refractivity contribution is -0.125. The molecule has 2 aromatic carbocycles. The van der Waals surface area contributed by atoms with Gasteiger partial charge in [-0.1, -0.05) is 54.6 Å². The molecule has 1 aliphatic rings. The molecule has 2 aromatic rings. The zero-order chi connectivity index (χ0) is 17.2. The highest BCUT2D eigenvalue weighted by Gasteiger charge is 2.56. The number of amides is 1. The Morgan fingerprint density at radius 2 is 1.71 bits per heavy atom. The third-order valence-electron chi connectivity index (χ3n) is 4.66. The summed E-state index contributed by atoms with van der Waals surface area (Å²) in [6.07, 6.45) is 0.345. The molecule has 0 unspecified atom stereocenters. The Morgan fingerprint density at radius 3 is 2.33 bits per heavy atom. The third-order valence-corrected chi connectivity index (χ3v) is 4.66. The second-order valence-electron chi connectivity index (χ2n) is 6.36. The second-order valence-corrected chi connectivity index (χ2v) is 6.36. The van der Waals surface area contributed by atoms with Crippen LogP contribution in [0.5, 0.6) is 0 Å². The van der Waals surface area contributed by atoms with E-state index in [9.17, 15) is 14.7 Å². The number of nitrogens with one attached hydrogen (secondary N) is 1. The van der Waals surface area contributed by atoms with Gasteiger partial charge in [0.05, 0.1) is 6.10 Å². The molecular weight excluding hydrogens is 302 g/mol. The van der Waals surface area contributed by atoms with Crippen LogP contribution < -0.4 is 5.32 Å². The van der Waals surface area contributed by atoms with Gasteiger partial charge in [0.15, 0.2) is 5.78 Å². The smallest absolute Gasteiger partial charge is 0.234 e. The molecule has 4 heteroatoms. The summed E-state index contributed by atoms with van der Waals surface area (Å²) in [5.74, 6) is -0.421. The molecule has 3 rings (SSSR count). The normalized spacial score (nSPS) is 16.2. The monoisotopic (exact) mass is 323 g/mol. The molecule has 0 heterocycles. The van der Waals surface area contributed by atoms with E-state index in [1.807, 2.05) is 37.3 Å². The molecule has 0 aromatic heterocycles. The summed E-state index contributed by atoms with van der Waals surface area (Å²) < 4.78 is 0. The predicted molar refractivity (Wildman–Crippen MR) is 91.6 cm³/mol. The van der Waals surface area contributed by atoms with Crippen molar-refractivity contribution in [3.63, 3.8) is 0 Å². The lowest BCUT2D eigenvalue weighted by Crippen LogP contribution is -2.39. The number of hydrogen-bond donors (Lipinski definition) is 2. The van der Waals surface area contributed by atoms with E-state index < -0.39 is 11.5 Å². The van der Waals surface area contributed by atoms with Crippen LogP contribution in [-0.2, 0) is 4.79 Å². The van der Waals surface area contributed by atoms with E-state index >= 15 is 0 Å². The van der Waals surface area contributed by atoms with Crippen molar-refractivity contribution in [2.24, 2.45) is 5.41 Å². The van der Waals surface area contributed by atoms with Crippen molar-refractivity contribution in [3.05, 3.63) is 71.3 Å². The summed E-state index contributed by atoms with van der Waals surface area (Å²) in [6, 6.07) is 16.4. The highest BCUT2D eigenvalue weighted by atomic mass is 16.3. The maximum atomic E-state index is 12.6. The van der Waals surface area contributed by atoms with Crippen molar-refractivity contribution >= 4 is 11.7 Å². The van der Waals surface area contributed by atoms with Crippen molar-refractivity contribution < 1.29 is 14.7 Å². The van der Waals surface area contributed by atoms with E-state index in [2.05, 4.69) is 5.32 Å². The fourth-order valence-corrected chi connectivity index (χ4v) is 2.98. The first-order valence-corrected chi connectivity index (χ1v) is 8.16. The van der Waals surface area contributed by atoms with Crippen LogP contribution in [0.25, 0.3) is 0 Å². The minimum absolute atomic E-state index is 0.105. The predicted octanol–water partition coefficient (Wildman–Crippen LogP) is 2.81. The number of benzene rings is 2. The van der Waals surface area contributed by atoms with Gasteiger partial charge >= 0.3 is 0 Å². The zero-order valence-corrected chi connectivity index (χ0v) is 13.7. The van der Waals surface area contributed by atoms with E-state index in [0.29, 0.717) is 18.4 Å².